The fourth-order valence-electron chi connectivity index (χ4n) is 2.66. The molecule has 3 nitrogen and oxygen atoms in total. The molecule has 1 heterocycles. The van der Waals surface area contributed by atoms with E-state index in [2.05, 4.69) is 17.1 Å². The SMILES string of the molecule is CCC[C@H](c1ccc(F)c(C#N)c1)N1CCNCC1. The summed E-state index contributed by atoms with van der Waals surface area (Å²) in [7, 11) is 0. The van der Waals surface area contributed by atoms with Crippen molar-refractivity contribution in [2.45, 2.75) is 25.8 Å². The Bertz CT molecular complexity index is 461. The number of nitrogens with zero attached hydrogens (tertiary/aromatic N) is 2. The Hall–Kier alpha value is -1.44. The minimum Gasteiger partial charge on any atom is -0.314 e. The van der Waals surface area contributed by atoms with Crippen LogP contribution in [0, 0.1) is 17.1 Å². The lowest BCUT2D eigenvalue weighted by Crippen LogP contribution is -2.45. The molecule has 0 aromatic heterocycles. The first kappa shape index (κ1) is 14.0. The van der Waals surface area contributed by atoms with Gasteiger partial charge in [0, 0.05) is 32.2 Å². The van der Waals surface area contributed by atoms with E-state index >= 15 is 0 Å². The molecular weight excluding hydrogens is 241 g/mol. The molecule has 1 aromatic carbocycles. The molecule has 1 atom stereocenters. The summed E-state index contributed by atoms with van der Waals surface area (Å²) in [6, 6.07) is 7.16. The number of benzene rings is 1. The zero-order valence-electron chi connectivity index (χ0n) is 11.3. The Labute approximate surface area is 114 Å². The summed E-state index contributed by atoms with van der Waals surface area (Å²) >= 11 is 0. The fourth-order valence-corrected chi connectivity index (χ4v) is 2.66. The lowest BCUT2D eigenvalue weighted by atomic mass is 9.98. The molecule has 102 valence electrons. The highest BCUT2D eigenvalue weighted by Gasteiger charge is 2.22. The van der Waals surface area contributed by atoms with Crippen molar-refractivity contribution in [1.29, 1.82) is 5.26 Å². The first-order chi connectivity index (χ1) is 9.26. The van der Waals surface area contributed by atoms with Crippen LogP contribution in [0.3, 0.4) is 0 Å². The van der Waals surface area contributed by atoms with Crippen LogP contribution in [0.25, 0.3) is 0 Å². The fraction of sp³-hybridized carbons (Fsp3) is 0.533. The first-order valence-corrected chi connectivity index (χ1v) is 6.90. The highest BCUT2D eigenvalue weighted by molar-refractivity contribution is 5.35. The number of halogens is 1. The van der Waals surface area contributed by atoms with Crippen molar-refractivity contribution >= 4 is 0 Å². The van der Waals surface area contributed by atoms with Crippen molar-refractivity contribution in [3.8, 4) is 6.07 Å². The van der Waals surface area contributed by atoms with E-state index in [-0.39, 0.29) is 5.56 Å². The van der Waals surface area contributed by atoms with Gasteiger partial charge in [0.25, 0.3) is 0 Å². The van der Waals surface area contributed by atoms with Gasteiger partial charge in [0.2, 0.25) is 0 Å². The van der Waals surface area contributed by atoms with Crippen LogP contribution in [-0.2, 0) is 0 Å². The quantitative estimate of drug-likeness (QED) is 0.905. The van der Waals surface area contributed by atoms with Crippen LogP contribution in [-0.4, -0.2) is 31.1 Å². The van der Waals surface area contributed by atoms with Crippen molar-refractivity contribution < 1.29 is 4.39 Å². The maximum absolute atomic E-state index is 13.4. The summed E-state index contributed by atoms with van der Waals surface area (Å²) < 4.78 is 13.4. The average molecular weight is 261 g/mol. The molecule has 0 spiro atoms. The number of piperazine rings is 1. The van der Waals surface area contributed by atoms with Gasteiger partial charge in [0.05, 0.1) is 5.56 Å². The molecular formula is C15H20FN3. The predicted octanol–water partition coefficient (Wildman–Crippen LogP) is 2.44. The van der Waals surface area contributed by atoms with Crippen molar-refractivity contribution in [3.05, 3.63) is 35.1 Å². The second-order valence-corrected chi connectivity index (χ2v) is 4.94. The highest BCUT2D eigenvalue weighted by atomic mass is 19.1. The maximum atomic E-state index is 13.4. The Morgan fingerprint density at radius 3 is 2.79 bits per heavy atom. The lowest BCUT2D eigenvalue weighted by Gasteiger charge is -2.35. The summed E-state index contributed by atoms with van der Waals surface area (Å²) in [4.78, 5) is 2.42. The third-order valence-electron chi connectivity index (χ3n) is 3.65. The summed E-state index contributed by atoms with van der Waals surface area (Å²) in [5, 5.41) is 12.3. The first-order valence-electron chi connectivity index (χ1n) is 6.90. The van der Waals surface area contributed by atoms with Gasteiger partial charge in [-0.1, -0.05) is 19.4 Å². The van der Waals surface area contributed by atoms with E-state index < -0.39 is 5.82 Å². The normalized spacial score (nSPS) is 17.9. The van der Waals surface area contributed by atoms with Crippen LogP contribution in [0.2, 0.25) is 0 Å². The largest absolute Gasteiger partial charge is 0.314 e. The van der Waals surface area contributed by atoms with Gasteiger partial charge in [-0.2, -0.15) is 5.26 Å². The summed E-state index contributed by atoms with van der Waals surface area (Å²) in [5.41, 5.74) is 1.20. The van der Waals surface area contributed by atoms with Gasteiger partial charge in [-0.05, 0) is 24.1 Å². The van der Waals surface area contributed by atoms with E-state index in [1.54, 1.807) is 6.07 Å². The number of nitriles is 1. The summed E-state index contributed by atoms with van der Waals surface area (Å²) in [5.74, 6) is -0.429. The van der Waals surface area contributed by atoms with Crippen molar-refractivity contribution in [3.63, 3.8) is 0 Å². The minimum atomic E-state index is -0.429. The molecule has 0 amide bonds. The lowest BCUT2D eigenvalue weighted by molar-refractivity contribution is 0.164. The molecule has 0 radical (unpaired) electrons. The molecule has 0 unspecified atom stereocenters. The van der Waals surface area contributed by atoms with Gasteiger partial charge in [-0.15, -0.1) is 0 Å². The molecule has 1 fully saturated rings. The summed E-state index contributed by atoms with van der Waals surface area (Å²) in [6.07, 6.45) is 2.12. The zero-order valence-corrected chi connectivity index (χ0v) is 11.3. The topological polar surface area (TPSA) is 39.1 Å². The minimum absolute atomic E-state index is 0.147. The number of hydrogen-bond acceptors (Lipinski definition) is 3. The molecule has 2 rings (SSSR count). The van der Waals surface area contributed by atoms with Gasteiger partial charge < -0.3 is 5.32 Å². The molecule has 19 heavy (non-hydrogen) atoms. The van der Waals surface area contributed by atoms with E-state index in [0.29, 0.717) is 6.04 Å². The van der Waals surface area contributed by atoms with Crippen LogP contribution < -0.4 is 5.32 Å². The van der Waals surface area contributed by atoms with Crippen LogP contribution in [0.15, 0.2) is 18.2 Å². The predicted molar refractivity (Wildman–Crippen MR) is 73.2 cm³/mol. The van der Waals surface area contributed by atoms with E-state index in [9.17, 15) is 4.39 Å². The molecule has 0 bridgehead atoms. The van der Waals surface area contributed by atoms with Gasteiger partial charge >= 0.3 is 0 Å². The van der Waals surface area contributed by atoms with Gasteiger partial charge in [-0.3, -0.25) is 4.90 Å². The van der Waals surface area contributed by atoms with Crippen LogP contribution >= 0.6 is 0 Å². The van der Waals surface area contributed by atoms with Crippen molar-refractivity contribution in [1.82, 2.24) is 10.2 Å². The molecule has 1 N–H and O–H groups in total. The van der Waals surface area contributed by atoms with Crippen molar-refractivity contribution in [2.24, 2.45) is 0 Å². The number of hydrogen-bond donors (Lipinski definition) is 1. The van der Waals surface area contributed by atoms with E-state index in [0.717, 1.165) is 44.6 Å². The van der Waals surface area contributed by atoms with Gasteiger partial charge in [0.1, 0.15) is 11.9 Å². The second kappa shape index (κ2) is 6.65. The molecule has 1 aliphatic heterocycles. The van der Waals surface area contributed by atoms with E-state index in [1.165, 1.54) is 6.07 Å². The Kier molecular flexibility index (Phi) is 4.89. The molecule has 1 saturated heterocycles. The molecule has 4 heteroatoms. The maximum Gasteiger partial charge on any atom is 0.140 e. The molecule has 0 saturated carbocycles. The van der Waals surface area contributed by atoms with Crippen LogP contribution in [0.4, 0.5) is 4.39 Å². The monoisotopic (exact) mass is 261 g/mol. The van der Waals surface area contributed by atoms with Gasteiger partial charge in [0.15, 0.2) is 0 Å². The Balaban J connectivity index is 2.25. The van der Waals surface area contributed by atoms with Gasteiger partial charge in [-0.25, -0.2) is 4.39 Å². The third kappa shape index (κ3) is 3.31. The second-order valence-electron chi connectivity index (χ2n) is 4.94. The van der Waals surface area contributed by atoms with Crippen molar-refractivity contribution in [2.75, 3.05) is 26.2 Å². The zero-order chi connectivity index (χ0) is 13.7. The third-order valence-corrected chi connectivity index (χ3v) is 3.65. The number of rotatable bonds is 4. The molecule has 1 aromatic rings. The summed E-state index contributed by atoms with van der Waals surface area (Å²) in [6.45, 7) is 6.15. The molecule has 0 aliphatic carbocycles. The highest BCUT2D eigenvalue weighted by Crippen LogP contribution is 2.27. The van der Waals surface area contributed by atoms with E-state index in [1.807, 2.05) is 12.1 Å². The van der Waals surface area contributed by atoms with Crippen LogP contribution in [0.5, 0.6) is 0 Å². The Morgan fingerprint density at radius 2 is 2.16 bits per heavy atom. The average Bonchev–Trinajstić information content (AvgIpc) is 2.46. The van der Waals surface area contributed by atoms with Crippen LogP contribution in [0.1, 0.15) is 36.9 Å². The van der Waals surface area contributed by atoms with E-state index in [4.69, 9.17) is 5.26 Å². The smallest absolute Gasteiger partial charge is 0.140 e. The number of nitrogens with one attached hydrogen (secondary N) is 1. The molecule has 1 aliphatic rings. The Morgan fingerprint density at radius 1 is 1.42 bits per heavy atom. The standard InChI is InChI=1S/C15H20FN3/c1-2-3-15(19-8-6-18-7-9-19)12-4-5-14(16)13(10-12)11-17/h4-5,10,15,18H,2-3,6-9H2,1H3/t15-/m1/s1.